The molecule has 0 radical (unpaired) electrons. The molecule has 1 amide bonds. The lowest BCUT2D eigenvalue weighted by atomic mass is 10.2. The Bertz CT molecular complexity index is 461. The van der Waals surface area contributed by atoms with Gasteiger partial charge in [-0.2, -0.15) is 0 Å². The molecule has 0 bridgehead atoms. The summed E-state index contributed by atoms with van der Waals surface area (Å²) in [7, 11) is 0. The van der Waals surface area contributed by atoms with Crippen molar-refractivity contribution < 1.29 is 24.5 Å². The second-order valence-electron chi connectivity index (χ2n) is 4.37. The zero-order chi connectivity index (χ0) is 13.8. The van der Waals surface area contributed by atoms with E-state index in [4.69, 9.17) is 9.84 Å². The molecule has 2 unspecified atom stereocenters. The number of ether oxygens (including phenoxy) is 1. The third-order valence-electron chi connectivity index (χ3n) is 3.06. The molecule has 1 heterocycles. The van der Waals surface area contributed by atoms with E-state index in [0.717, 1.165) is 10.5 Å². The van der Waals surface area contributed by atoms with Gasteiger partial charge in [-0.25, -0.2) is 9.59 Å². The van der Waals surface area contributed by atoms with Crippen molar-refractivity contribution in [3.8, 4) is 0 Å². The van der Waals surface area contributed by atoms with Crippen LogP contribution in [-0.2, 0) is 16.1 Å². The van der Waals surface area contributed by atoms with Gasteiger partial charge in [0.1, 0.15) is 6.61 Å². The molecule has 0 aliphatic carbocycles. The fraction of sp³-hybridized carbons (Fsp3) is 0.385. The van der Waals surface area contributed by atoms with Gasteiger partial charge in [0.2, 0.25) is 0 Å². The third-order valence-corrected chi connectivity index (χ3v) is 3.06. The largest absolute Gasteiger partial charge is 0.480 e. The van der Waals surface area contributed by atoms with Gasteiger partial charge < -0.3 is 14.9 Å². The first-order valence-corrected chi connectivity index (χ1v) is 5.98. The van der Waals surface area contributed by atoms with Crippen LogP contribution >= 0.6 is 0 Å². The Kier molecular flexibility index (Phi) is 4.01. The van der Waals surface area contributed by atoms with Gasteiger partial charge >= 0.3 is 12.1 Å². The van der Waals surface area contributed by atoms with Crippen LogP contribution in [0.1, 0.15) is 12.0 Å². The second kappa shape index (κ2) is 5.71. The van der Waals surface area contributed by atoms with Gasteiger partial charge in [-0.1, -0.05) is 30.3 Å². The molecule has 1 fully saturated rings. The molecule has 2 N–H and O–H groups in total. The number of aliphatic carboxylic acids is 1. The van der Waals surface area contributed by atoms with Crippen LogP contribution in [0, 0.1) is 0 Å². The summed E-state index contributed by atoms with van der Waals surface area (Å²) in [6, 6.07) is 7.89. The molecular formula is C13H15NO5. The Morgan fingerprint density at radius 1 is 1.32 bits per heavy atom. The molecular weight excluding hydrogens is 250 g/mol. The first-order chi connectivity index (χ1) is 9.09. The normalized spacial score (nSPS) is 22.3. The summed E-state index contributed by atoms with van der Waals surface area (Å²) in [4.78, 5) is 23.9. The van der Waals surface area contributed by atoms with E-state index >= 15 is 0 Å². The van der Waals surface area contributed by atoms with Gasteiger partial charge in [-0.05, 0) is 12.0 Å². The number of carboxylic acids is 1. The maximum atomic E-state index is 11.8. The zero-order valence-electron chi connectivity index (χ0n) is 10.2. The molecule has 1 aromatic carbocycles. The van der Waals surface area contributed by atoms with E-state index in [1.165, 1.54) is 0 Å². The Morgan fingerprint density at radius 3 is 2.63 bits per heavy atom. The lowest BCUT2D eigenvalue weighted by Crippen LogP contribution is -2.45. The summed E-state index contributed by atoms with van der Waals surface area (Å²) in [5.41, 5.74) is 0.822. The number of rotatable bonds is 3. The lowest BCUT2D eigenvalue weighted by molar-refractivity contribution is -0.144. The minimum Gasteiger partial charge on any atom is -0.480 e. The van der Waals surface area contributed by atoms with E-state index in [1.54, 1.807) is 12.1 Å². The minimum atomic E-state index is -1.22. The van der Waals surface area contributed by atoms with Crippen LogP contribution in [0.4, 0.5) is 4.79 Å². The van der Waals surface area contributed by atoms with Crippen molar-refractivity contribution in [3.05, 3.63) is 35.9 Å². The number of aliphatic hydroxyl groups excluding tert-OH is 1. The molecule has 0 saturated carbocycles. The second-order valence-corrected chi connectivity index (χ2v) is 4.37. The van der Waals surface area contributed by atoms with Crippen LogP contribution in [0.3, 0.4) is 0 Å². The number of carboxylic acid groups (broad SMARTS) is 1. The van der Waals surface area contributed by atoms with E-state index in [1.807, 2.05) is 18.2 Å². The number of likely N-dealkylation sites (tertiary alicyclic amines) is 1. The smallest absolute Gasteiger partial charge is 0.410 e. The third kappa shape index (κ3) is 3.03. The minimum absolute atomic E-state index is 0.0820. The summed E-state index contributed by atoms with van der Waals surface area (Å²) in [6.45, 7) is 0.268. The summed E-state index contributed by atoms with van der Waals surface area (Å²) >= 11 is 0. The summed E-state index contributed by atoms with van der Waals surface area (Å²) < 4.78 is 5.05. The van der Waals surface area contributed by atoms with Crippen molar-refractivity contribution in [2.24, 2.45) is 0 Å². The van der Waals surface area contributed by atoms with Gasteiger partial charge in [0, 0.05) is 6.54 Å². The summed E-state index contributed by atoms with van der Waals surface area (Å²) in [6.07, 6.45) is -1.51. The number of benzene rings is 1. The highest BCUT2D eigenvalue weighted by Gasteiger charge is 2.41. The molecule has 6 nitrogen and oxygen atoms in total. The van der Waals surface area contributed by atoms with Gasteiger partial charge in [0.05, 0.1) is 6.10 Å². The highest BCUT2D eigenvalue weighted by atomic mass is 16.6. The van der Waals surface area contributed by atoms with E-state index < -0.39 is 24.2 Å². The topological polar surface area (TPSA) is 87.1 Å². The molecule has 1 aromatic rings. The van der Waals surface area contributed by atoms with Crippen LogP contribution in [0.25, 0.3) is 0 Å². The van der Waals surface area contributed by atoms with E-state index in [9.17, 15) is 14.7 Å². The predicted molar refractivity (Wildman–Crippen MR) is 65.4 cm³/mol. The Morgan fingerprint density at radius 2 is 2.00 bits per heavy atom. The van der Waals surface area contributed by atoms with Gasteiger partial charge in [-0.15, -0.1) is 0 Å². The summed E-state index contributed by atoms with van der Waals surface area (Å²) in [5.74, 6) is -1.22. The van der Waals surface area contributed by atoms with Crippen LogP contribution < -0.4 is 0 Å². The maximum Gasteiger partial charge on any atom is 0.410 e. The molecule has 0 spiro atoms. The number of hydrogen-bond acceptors (Lipinski definition) is 4. The van der Waals surface area contributed by atoms with Crippen molar-refractivity contribution in [3.63, 3.8) is 0 Å². The Labute approximate surface area is 110 Å². The number of amides is 1. The van der Waals surface area contributed by atoms with Crippen molar-refractivity contribution in [2.45, 2.75) is 25.2 Å². The molecule has 19 heavy (non-hydrogen) atoms. The average Bonchev–Trinajstić information content (AvgIpc) is 2.79. The van der Waals surface area contributed by atoms with E-state index in [2.05, 4.69) is 0 Å². The molecule has 1 aliphatic heterocycles. The van der Waals surface area contributed by atoms with Gasteiger partial charge in [0.15, 0.2) is 6.04 Å². The monoisotopic (exact) mass is 265 g/mol. The summed E-state index contributed by atoms with van der Waals surface area (Å²) in [5, 5.41) is 18.5. The van der Waals surface area contributed by atoms with E-state index in [0.29, 0.717) is 0 Å². The fourth-order valence-electron chi connectivity index (χ4n) is 2.08. The first kappa shape index (κ1) is 13.4. The maximum absolute atomic E-state index is 11.8. The number of carbonyl (C=O) groups excluding carboxylic acids is 1. The molecule has 1 saturated heterocycles. The fourth-order valence-corrected chi connectivity index (χ4v) is 2.08. The highest BCUT2D eigenvalue weighted by Crippen LogP contribution is 2.19. The zero-order valence-corrected chi connectivity index (χ0v) is 10.2. The number of carbonyl (C=O) groups is 2. The first-order valence-electron chi connectivity index (χ1n) is 5.98. The molecule has 1 aliphatic rings. The Balaban J connectivity index is 1.95. The van der Waals surface area contributed by atoms with Crippen LogP contribution in [0.2, 0.25) is 0 Å². The van der Waals surface area contributed by atoms with Gasteiger partial charge in [-0.3, -0.25) is 4.90 Å². The molecule has 102 valence electrons. The Hall–Kier alpha value is -2.08. The van der Waals surface area contributed by atoms with Crippen LogP contribution in [0.5, 0.6) is 0 Å². The SMILES string of the molecule is O=C(O)C1C(O)CCN1C(=O)OCc1ccccc1. The van der Waals surface area contributed by atoms with Crippen molar-refractivity contribution in [2.75, 3.05) is 6.54 Å². The highest BCUT2D eigenvalue weighted by molar-refractivity contribution is 5.81. The standard InChI is InChI=1S/C13H15NO5/c15-10-6-7-14(11(10)12(16)17)13(18)19-8-9-4-2-1-3-5-9/h1-5,10-11,15H,6-8H2,(H,16,17). The number of aliphatic hydroxyl groups is 1. The number of hydrogen-bond donors (Lipinski definition) is 2. The molecule has 2 rings (SSSR count). The molecule has 6 heteroatoms. The average molecular weight is 265 g/mol. The van der Waals surface area contributed by atoms with Crippen LogP contribution in [0.15, 0.2) is 30.3 Å². The van der Waals surface area contributed by atoms with Gasteiger partial charge in [0.25, 0.3) is 0 Å². The number of nitrogens with zero attached hydrogens (tertiary/aromatic N) is 1. The lowest BCUT2D eigenvalue weighted by Gasteiger charge is -2.22. The predicted octanol–water partition coefficient (Wildman–Crippen LogP) is 0.843. The molecule has 0 aromatic heterocycles. The van der Waals surface area contributed by atoms with Crippen LogP contribution in [-0.4, -0.2) is 45.9 Å². The van der Waals surface area contributed by atoms with E-state index in [-0.39, 0.29) is 19.6 Å². The molecule has 2 atom stereocenters. The van der Waals surface area contributed by atoms with Crippen molar-refractivity contribution in [1.29, 1.82) is 0 Å². The quantitative estimate of drug-likeness (QED) is 0.845. The van der Waals surface area contributed by atoms with Crippen molar-refractivity contribution >= 4 is 12.1 Å². The van der Waals surface area contributed by atoms with Crippen molar-refractivity contribution in [1.82, 2.24) is 4.90 Å².